The maximum absolute atomic E-state index is 12.0. The van der Waals surface area contributed by atoms with Gasteiger partial charge >= 0.3 is 0 Å². The van der Waals surface area contributed by atoms with Crippen LogP contribution in [0.2, 0.25) is 0 Å². The standard InChI is InChI=1S/C16H27N3O3/c17-15(21)16(22)8-4-10-19(12-16)11-14(20)18-9-7-13-5-2-1-3-6-13/h5,22H,1-4,6-12H2,(H2,17,21)(H,18,20)/t16-/m1/s1. The summed E-state index contributed by atoms with van der Waals surface area (Å²) in [6.45, 7) is 1.70. The zero-order valence-electron chi connectivity index (χ0n) is 13.1. The van der Waals surface area contributed by atoms with E-state index < -0.39 is 11.5 Å². The predicted octanol–water partition coefficient (Wildman–Crippen LogP) is 0.305. The van der Waals surface area contributed by atoms with E-state index in [1.54, 1.807) is 4.90 Å². The molecular formula is C16H27N3O3. The second kappa shape index (κ2) is 7.74. The molecule has 124 valence electrons. The average molecular weight is 309 g/mol. The van der Waals surface area contributed by atoms with E-state index in [9.17, 15) is 14.7 Å². The quantitative estimate of drug-likeness (QED) is 0.615. The van der Waals surface area contributed by atoms with Crippen molar-refractivity contribution in [3.63, 3.8) is 0 Å². The fourth-order valence-corrected chi connectivity index (χ4v) is 3.21. The Morgan fingerprint density at radius 1 is 1.36 bits per heavy atom. The van der Waals surface area contributed by atoms with Crippen LogP contribution in [0.5, 0.6) is 0 Å². The van der Waals surface area contributed by atoms with E-state index in [4.69, 9.17) is 5.73 Å². The van der Waals surface area contributed by atoms with Crippen molar-refractivity contribution in [1.82, 2.24) is 10.2 Å². The first kappa shape index (κ1) is 17.0. The van der Waals surface area contributed by atoms with Crippen molar-refractivity contribution in [2.45, 2.75) is 50.5 Å². The number of hydrogen-bond acceptors (Lipinski definition) is 4. The minimum Gasteiger partial charge on any atom is -0.379 e. The summed E-state index contributed by atoms with van der Waals surface area (Å²) in [6.07, 6.45) is 9.06. The molecule has 0 bridgehead atoms. The highest BCUT2D eigenvalue weighted by Gasteiger charge is 2.38. The van der Waals surface area contributed by atoms with Gasteiger partial charge in [0.2, 0.25) is 5.91 Å². The molecule has 0 radical (unpaired) electrons. The molecule has 1 fully saturated rings. The van der Waals surface area contributed by atoms with Gasteiger partial charge in [-0.1, -0.05) is 11.6 Å². The van der Waals surface area contributed by atoms with Crippen LogP contribution < -0.4 is 11.1 Å². The molecular weight excluding hydrogens is 282 g/mol. The minimum absolute atomic E-state index is 0.0647. The van der Waals surface area contributed by atoms with Crippen LogP contribution in [-0.2, 0) is 9.59 Å². The van der Waals surface area contributed by atoms with Crippen LogP contribution >= 0.6 is 0 Å². The molecule has 1 heterocycles. The summed E-state index contributed by atoms with van der Waals surface area (Å²) >= 11 is 0. The van der Waals surface area contributed by atoms with E-state index >= 15 is 0 Å². The lowest BCUT2D eigenvalue weighted by Crippen LogP contribution is -2.57. The Balaban J connectivity index is 1.70. The zero-order chi connectivity index (χ0) is 16.0. The van der Waals surface area contributed by atoms with Crippen molar-refractivity contribution in [3.8, 4) is 0 Å². The van der Waals surface area contributed by atoms with Crippen LogP contribution in [0, 0.1) is 0 Å². The van der Waals surface area contributed by atoms with Gasteiger partial charge in [0.25, 0.3) is 5.91 Å². The molecule has 0 saturated carbocycles. The van der Waals surface area contributed by atoms with Gasteiger partial charge in [-0.2, -0.15) is 0 Å². The van der Waals surface area contributed by atoms with E-state index in [-0.39, 0.29) is 19.0 Å². The van der Waals surface area contributed by atoms with Crippen molar-refractivity contribution in [2.75, 3.05) is 26.2 Å². The number of piperidine rings is 1. The number of allylic oxidation sites excluding steroid dienone is 1. The van der Waals surface area contributed by atoms with Crippen LogP contribution in [0.3, 0.4) is 0 Å². The van der Waals surface area contributed by atoms with Crippen LogP contribution in [0.4, 0.5) is 0 Å². The van der Waals surface area contributed by atoms with Crippen LogP contribution in [0.1, 0.15) is 44.9 Å². The molecule has 1 atom stereocenters. The number of hydrogen-bond donors (Lipinski definition) is 3. The second-order valence-electron chi connectivity index (χ2n) is 6.42. The molecule has 0 unspecified atom stereocenters. The number of β-amino-alcohol motifs (C(OH)–C–C–N with tert-alkyl or cyclic N) is 1. The van der Waals surface area contributed by atoms with Gasteiger partial charge in [0.05, 0.1) is 6.54 Å². The average Bonchev–Trinajstić information content (AvgIpc) is 2.48. The number of primary amides is 1. The Hall–Kier alpha value is -1.40. The van der Waals surface area contributed by atoms with Gasteiger partial charge < -0.3 is 16.2 Å². The summed E-state index contributed by atoms with van der Waals surface area (Å²) in [6, 6.07) is 0. The third kappa shape index (κ3) is 4.81. The van der Waals surface area contributed by atoms with Crippen molar-refractivity contribution >= 4 is 11.8 Å². The van der Waals surface area contributed by atoms with Gasteiger partial charge in [-0.25, -0.2) is 0 Å². The second-order valence-corrected chi connectivity index (χ2v) is 6.42. The number of nitrogens with zero attached hydrogens (tertiary/aromatic N) is 1. The maximum Gasteiger partial charge on any atom is 0.250 e. The molecule has 6 nitrogen and oxygen atoms in total. The molecule has 1 aliphatic carbocycles. The summed E-state index contributed by atoms with van der Waals surface area (Å²) in [5.41, 5.74) is 5.18. The topological polar surface area (TPSA) is 95.7 Å². The molecule has 4 N–H and O–H groups in total. The number of likely N-dealkylation sites (tertiary alicyclic amines) is 1. The van der Waals surface area contributed by atoms with Crippen molar-refractivity contribution in [1.29, 1.82) is 0 Å². The number of nitrogens with two attached hydrogens (primary N) is 1. The highest BCUT2D eigenvalue weighted by molar-refractivity contribution is 5.84. The van der Waals surface area contributed by atoms with Gasteiger partial charge in [-0.15, -0.1) is 0 Å². The summed E-state index contributed by atoms with van der Waals surface area (Å²) in [4.78, 5) is 25.1. The highest BCUT2D eigenvalue weighted by Crippen LogP contribution is 2.21. The monoisotopic (exact) mass is 309 g/mol. The fourth-order valence-electron chi connectivity index (χ4n) is 3.21. The van der Waals surface area contributed by atoms with Crippen molar-refractivity contribution < 1.29 is 14.7 Å². The lowest BCUT2D eigenvalue weighted by molar-refractivity contribution is -0.143. The molecule has 0 aromatic heterocycles. The number of aliphatic hydroxyl groups is 1. The van der Waals surface area contributed by atoms with E-state index in [1.807, 2.05) is 0 Å². The first-order valence-corrected chi connectivity index (χ1v) is 8.19. The number of amides is 2. The third-order valence-electron chi connectivity index (χ3n) is 4.53. The molecule has 1 aliphatic heterocycles. The predicted molar refractivity (Wildman–Crippen MR) is 84.0 cm³/mol. The minimum atomic E-state index is -1.49. The van der Waals surface area contributed by atoms with Crippen LogP contribution in [-0.4, -0.2) is 53.6 Å². The number of rotatable bonds is 6. The Morgan fingerprint density at radius 3 is 2.86 bits per heavy atom. The summed E-state index contributed by atoms with van der Waals surface area (Å²) in [7, 11) is 0. The molecule has 2 rings (SSSR count). The SMILES string of the molecule is NC(=O)[C@@]1(O)CCCN(CC(=O)NCCC2=CCCCC2)C1. The molecule has 6 heteroatoms. The first-order chi connectivity index (χ1) is 10.5. The zero-order valence-corrected chi connectivity index (χ0v) is 13.1. The Morgan fingerprint density at radius 2 is 2.18 bits per heavy atom. The molecule has 0 aromatic rings. The van der Waals surface area contributed by atoms with Gasteiger partial charge in [0.15, 0.2) is 5.60 Å². The van der Waals surface area contributed by atoms with Crippen molar-refractivity contribution in [3.05, 3.63) is 11.6 Å². The summed E-state index contributed by atoms with van der Waals surface area (Å²) in [5, 5.41) is 13.0. The molecule has 0 spiro atoms. The van der Waals surface area contributed by atoms with E-state index in [2.05, 4.69) is 11.4 Å². The number of carbonyl (C=O) groups excluding carboxylic acids is 2. The van der Waals surface area contributed by atoms with E-state index in [1.165, 1.54) is 18.4 Å². The normalized spacial score (nSPS) is 26.3. The first-order valence-electron chi connectivity index (χ1n) is 8.19. The summed E-state index contributed by atoms with van der Waals surface area (Å²) in [5.74, 6) is -0.771. The highest BCUT2D eigenvalue weighted by atomic mass is 16.3. The van der Waals surface area contributed by atoms with E-state index in [0.717, 1.165) is 19.3 Å². The van der Waals surface area contributed by atoms with E-state index in [0.29, 0.717) is 25.9 Å². The number of nitrogens with one attached hydrogen (secondary N) is 1. The molecule has 2 amide bonds. The van der Waals surface area contributed by atoms with Crippen molar-refractivity contribution in [2.24, 2.45) is 5.73 Å². The molecule has 22 heavy (non-hydrogen) atoms. The Bertz CT molecular complexity index is 450. The van der Waals surface area contributed by atoms with Gasteiger partial charge in [-0.05, 0) is 51.5 Å². The largest absolute Gasteiger partial charge is 0.379 e. The fraction of sp³-hybridized carbons (Fsp3) is 0.750. The van der Waals surface area contributed by atoms with Gasteiger partial charge in [-0.3, -0.25) is 14.5 Å². The third-order valence-corrected chi connectivity index (χ3v) is 4.53. The Labute approximate surface area is 131 Å². The smallest absolute Gasteiger partial charge is 0.250 e. The summed E-state index contributed by atoms with van der Waals surface area (Å²) < 4.78 is 0. The number of carbonyl (C=O) groups is 2. The van der Waals surface area contributed by atoms with Gasteiger partial charge in [0.1, 0.15) is 0 Å². The lowest BCUT2D eigenvalue weighted by atomic mass is 9.92. The maximum atomic E-state index is 12.0. The molecule has 1 saturated heterocycles. The van der Waals surface area contributed by atoms with Gasteiger partial charge in [0, 0.05) is 13.1 Å². The molecule has 0 aromatic carbocycles. The molecule has 2 aliphatic rings. The van der Waals surface area contributed by atoms with Crippen LogP contribution in [0.25, 0.3) is 0 Å². The Kier molecular flexibility index (Phi) is 5.97. The lowest BCUT2D eigenvalue weighted by Gasteiger charge is -2.36. The van der Waals surface area contributed by atoms with Crippen LogP contribution in [0.15, 0.2) is 11.6 Å².